The lowest BCUT2D eigenvalue weighted by molar-refractivity contribution is -0.117. The zero-order chi connectivity index (χ0) is 13.8. The number of benzene rings is 1. The predicted octanol–water partition coefficient (Wildman–Crippen LogP) is 1.88. The van der Waals surface area contributed by atoms with Crippen LogP contribution < -0.4 is 15.4 Å². The average Bonchev–Trinajstić information content (AvgIpc) is 2.34. The molecule has 1 aliphatic rings. The molecule has 0 bridgehead atoms. The summed E-state index contributed by atoms with van der Waals surface area (Å²) < 4.78 is 5.24. The van der Waals surface area contributed by atoms with Crippen LogP contribution in [0.2, 0.25) is 5.02 Å². The molecule has 1 amide bonds. The molecule has 1 saturated heterocycles. The molecule has 0 radical (unpaired) electrons. The zero-order valence-corrected chi connectivity index (χ0v) is 11.8. The fourth-order valence-corrected chi connectivity index (χ4v) is 2.11. The van der Waals surface area contributed by atoms with Crippen LogP contribution in [0.3, 0.4) is 0 Å². The number of amides is 1. The standard InChI is InChI=1S/C14H17ClN2O2/c1-9(10-6-16-7-10)14(18)17-8-11-12(15)4-3-5-13(11)19-2/h3-5,16H,6-8H2,1-2H3,(H,17,18). The number of methoxy groups -OCH3 is 1. The first-order valence-electron chi connectivity index (χ1n) is 6.12. The first kappa shape index (κ1) is 13.9. The summed E-state index contributed by atoms with van der Waals surface area (Å²) in [5.41, 5.74) is 2.73. The Hall–Kier alpha value is -1.52. The second-order valence-corrected chi connectivity index (χ2v) is 4.84. The molecular formula is C14H17ClN2O2. The van der Waals surface area contributed by atoms with Gasteiger partial charge in [-0.1, -0.05) is 17.7 Å². The van der Waals surface area contributed by atoms with E-state index in [0.29, 0.717) is 17.3 Å². The van der Waals surface area contributed by atoms with Crippen molar-refractivity contribution >= 4 is 17.5 Å². The summed E-state index contributed by atoms with van der Waals surface area (Å²) in [4.78, 5) is 12.0. The van der Waals surface area contributed by atoms with Crippen molar-refractivity contribution in [2.75, 3.05) is 20.2 Å². The van der Waals surface area contributed by atoms with Crippen molar-refractivity contribution in [2.45, 2.75) is 13.5 Å². The van der Waals surface area contributed by atoms with Crippen molar-refractivity contribution in [3.63, 3.8) is 0 Å². The van der Waals surface area contributed by atoms with Gasteiger partial charge in [0.2, 0.25) is 5.91 Å². The Kier molecular flexibility index (Phi) is 4.45. The van der Waals surface area contributed by atoms with Crippen LogP contribution in [0.4, 0.5) is 0 Å². The number of carbonyl (C=O) groups is 1. The van der Waals surface area contributed by atoms with Gasteiger partial charge < -0.3 is 15.4 Å². The van der Waals surface area contributed by atoms with Gasteiger partial charge in [-0.05, 0) is 24.6 Å². The molecule has 2 rings (SSSR count). The van der Waals surface area contributed by atoms with E-state index in [9.17, 15) is 4.79 Å². The van der Waals surface area contributed by atoms with Crippen molar-refractivity contribution < 1.29 is 9.53 Å². The van der Waals surface area contributed by atoms with Crippen molar-refractivity contribution in [3.05, 3.63) is 39.9 Å². The molecule has 1 fully saturated rings. The molecule has 0 saturated carbocycles. The van der Waals surface area contributed by atoms with E-state index in [0.717, 1.165) is 29.8 Å². The summed E-state index contributed by atoms with van der Waals surface area (Å²) in [7, 11) is 1.59. The van der Waals surface area contributed by atoms with E-state index in [4.69, 9.17) is 16.3 Å². The second kappa shape index (κ2) is 6.08. The molecule has 1 aromatic rings. The largest absolute Gasteiger partial charge is 0.496 e. The highest BCUT2D eigenvalue weighted by molar-refractivity contribution is 6.31. The third-order valence-corrected chi connectivity index (χ3v) is 3.62. The van der Waals surface area contributed by atoms with Crippen molar-refractivity contribution in [1.29, 1.82) is 0 Å². The molecule has 1 aliphatic heterocycles. The van der Waals surface area contributed by atoms with Crippen LogP contribution in [0, 0.1) is 0 Å². The van der Waals surface area contributed by atoms with Crippen molar-refractivity contribution in [3.8, 4) is 5.75 Å². The third-order valence-electron chi connectivity index (χ3n) is 3.27. The molecule has 4 nitrogen and oxygen atoms in total. The highest BCUT2D eigenvalue weighted by atomic mass is 35.5. The van der Waals surface area contributed by atoms with Gasteiger partial charge in [0.15, 0.2) is 0 Å². The van der Waals surface area contributed by atoms with Gasteiger partial charge in [-0.15, -0.1) is 0 Å². The lowest BCUT2D eigenvalue weighted by Gasteiger charge is -2.21. The van der Waals surface area contributed by atoms with E-state index in [1.165, 1.54) is 0 Å². The van der Waals surface area contributed by atoms with Gasteiger partial charge in [-0.3, -0.25) is 4.79 Å². The Bertz CT molecular complexity index is 520. The van der Waals surface area contributed by atoms with Crippen LogP contribution in [0.15, 0.2) is 29.3 Å². The fourth-order valence-electron chi connectivity index (χ4n) is 1.88. The van der Waals surface area contributed by atoms with E-state index in [2.05, 4.69) is 10.6 Å². The van der Waals surface area contributed by atoms with E-state index < -0.39 is 0 Å². The quantitative estimate of drug-likeness (QED) is 0.828. The summed E-state index contributed by atoms with van der Waals surface area (Å²) >= 11 is 6.12. The number of hydrogen-bond acceptors (Lipinski definition) is 3. The fraction of sp³-hybridized carbons (Fsp3) is 0.357. The van der Waals surface area contributed by atoms with E-state index in [-0.39, 0.29) is 5.91 Å². The molecule has 0 atom stereocenters. The first-order valence-corrected chi connectivity index (χ1v) is 6.50. The van der Waals surface area contributed by atoms with Crippen LogP contribution in [0.1, 0.15) is 12.5 Å². The van der Waals surface area contributed by atoms with E-state index in [1.807, 2.05) is 19.1 Å². The van der Waals surface area contributed by atoms with Crippen LogP contribution in [-0.2, 0) is 11.3 Å². The van der Waals surface area contributed by atoms with Gasteiger partial charge in [0, 0.05) is 35.8 Å². The summed E-state index contributed by atoms with van der Waals surface area (Å²) in [6.45, 7) is 3.80. The third kappa shape index (κ3) is 3.08. The van der Waals surface area contributed by atoms with Crippen LogP contribution in [0.5, 0.6) is 5.75 Å². The Morgan fingerprint density at radius 3 is 2.79 bits per heavy atom. The molecule has 0 aliphatic carbocycles. The molecule has 19 heavy (non-hydrogen) atoms. The normalized spacial score (nSPS) is 13.7. The lowest BCUT2D eigenvalue weighted by atomic mass is 10.0. The number of nitrogens with one attached hydrogen (secondary N) is 2. The monoisotopic (exact) mass is 280 g/mol. The van der Waals surface area contributed by atoms with Crippen LogP contribution in [-0.4, -0.2) is 26.1 Å². The topological polar surface area (TPSA) is 50.4 Å². The maximum Gasteiger partial charge on any atom is 0.247 e. The number of halogens is 1. The second-order valence-electron chi connectivity index (χ2n) is 4.44. The lowest BCUT2D eigenvalue weighted by Crippen LogP contribution is -2.37. The van der Waals surface area contributed by atoms with Gasteiger partial charge >= 0.3 is 0 Å². The molecule has 0 spiro atoms. The van der Waals surface area contributed by atoms with E-state index >= 15 is 0 Å². The minimum atomic E-state index is -0.0570. The molecule has 5 heteroatoms. The van der Waals surface area contributed by atoms with Gasteiger partial charge in [0.1, 0.15) is 5.75 Å². The van der Waals surface area contributed by atoms with Crippen molar-refractivity contribution in [1.82, 2.24) is 10.6 Å². The molecule has 1 heterocycles. The van der Waals surface area contributed by atoms with Gasteiger partial charge in [-0.2, -0.15) is 0 Å². The van der Waals surface area contributed by atoms with Gasteiger partial charge in [0.25, 0.3) is 0 Å². The van der Waals surface area contributed by atoms with E-state index in [1.54, 1.807) is 13.2 Å². The summed E-state index contributed by atoms with van der Waals surface area (Å²) in [6, 6.07) is 5.43. The minimum absolute atomic E-state index is 0.0570. The Morgan fingerprint density at radius 1 is 1.47 bits per heavy atom. The Morgan fingerprint density at radius 2 is 2.21 bits per heavy atom. The summed E-state index contributed by atoms with van der Waals surface area (Å²) in [5, 5.41) is 6.59. The Balaban J connectivity index is 2.05. The molecule has 0 aromatic heterocycles. The Labute approximate surface area is 117 Å². The SMILES string of the molecule is COc1cccc(Cl)c1CNC(=O)C(C)=C1CNC1. The highest BCUT2D eigenvalue weighted by Gasteiger charge is 2.16. The number of carbonyl (C=O) groups excluding carboxylic acids is 1. The smallest absolute Gasteiger partial charge is 0.247 e. The van der Waals surface area contributed by atoms with Gasteiger partial charge in [-0.25, -0.2) is 0 Å². The van der Waals surface area contributed by atoms with Crippen LogP contribution >= 0.6 is 11.6 Å². The number of rotatable bonds is 4. The highest BCUT2D eigenvalue weighted by Crippen LogP contribution is 2.26. The molecule has 102 valence electrons. The van der Waals surface area contributed by atoms with Gasteiger partial charge in [0.05, 0.1) is 7.11 Å². The van der Waals surface area contributed by atoms with Crippen molar-refractivity contribution in [2.24, 2.45) is 0 Å². The average molecular weight is 281 g/mol. The predicted molar refractivity (Wildman–Crippen MR) is 75.4 cm³/mol. The molecular weight excluding hydrogens is 264 g/mol. The first-order chi connectivity index (χ1) is 9.13. The number of hydrogen-bond donors (Lipinski definition) is 2. The number of ether oxygens (including phenoxy) is 1. The maximum atomic E-state index is 12.0. The maximum absolute atomic E-state index is 12.0. The molecule has 1 aromatic carbocycles. The minimum Gasteiger partial charge on any atom is -0.496 e. The van der Waals surface area contributed by atoms with Crippen LogP contribution in [0.25, 0.3) is 0 Å². The zero-order valence-electron chi connectivity index (χ0n) is 11.0. The molecule has 0 unspecified atom stereocenters. The molecule has 2 N–H and O–H groups in total. The summed E-state index contributed by atoms with van der Waals surface area (Å²) in [5.74, 6) is 0.627. The summed E-state index contributed by atoms with van der Waals surface area (Å²) in [6.07, 6.45) is 0.